The van der Waals surface area contributed by atoms with E-state index in [0.717, 1.165) is 12.0 Å². The Labute approximate surface area is 128 Å². The molecule has 0 aromatic heterocycles. The number of carboxylic acids is 1. The lowest BCUT2D eigenvalue weighted by molar-refractivity contribution is -0.147. The van der Waals surface area contributed by atoms with E-state index in [1.807, 2.05) is 13.0 Å². The first kappa shape index (κ1) is 14.8. The molecule has 22 heavy (non-hydrogen) atoms. The van der Waals surface area contributed by atoms with Crippen LogP contribution in [0, 0.1) is 18.8 Å². The monoisotopic (exact) mass is 305 g/mol. The molecule has 2 saturated heterocycles. The van der Waals surface area contributed by atoms with Crippen molar-refractivity contribution in [2.24, 2.45) is 11.8 Å². The van der Waals surface area contributed by atoms with Crippen molar-refractivity contribution in [3.05, 3.63) is 23.8 Å². The number of carbonyl (C=O) groups excluding carboxylic acids is 1. The van der Waals surface area contributed by atoms with E-state index in [0.29, 0.717) is 17.9 Å². The third kappa shape index (κ3) is 2.43. The van der Waals surface area contributed by atoms with Gasteiger partial charge in [0.25, 0.3) is 0 Å². The Balaban J connectivity index is 1.82. The quantitative estimate of drug-likeness (QED) is 0.886. The van der Waals surface area contributed by atoms with Crippen LogP contribution in [0.2, 0.25) is 0 Å². The van der Waals surface area contributed by atoms with Crippen molar-refractivity contribution in [3.8, 4) is 5.75 Å². The number of nitrogens with one attached hydrogen (secondary N) is 1. The zero-order valence-corrected chi connectivity index (χ0v) is 12.5. The normalized spacial score (nSPS) is 29.4. The van der Waals surface area contributed by atoms with Crippen LogP contribution in [0.3, 0.4) is 0 Å². The molecule has 6 heteroatoms. The average molecular weight is 305 g/mol. The second-order valence-corrected chi connectivity index (χ2v) is 5.87. The molecule has 6 nitrogen and oxygen atoms in total. The molecule has 118 valence electrons. The molecular weight excluding hydrogens is 286 g/mol. The first-order valence-corrected chi connectivity index (χ1v) is 7.35. The topological polar surface area (TPSA) is 84.9 Å². The van der Waals surface area contributed by atoms with Gasteiger partial charge in [-0.3, -0.25) is 9.59 Å². The second-order valence-electron chi connectivity index (χ2n) is 5.87. The van der Waals surface area contributed by atoms with Crippen LogP contribution in [0.4, 0.5) is 5.69 Å². The number of hydrogen-bond donors (Lipinski definition) is 2. The van der Waals surface area contributed by atoms with Crippen LogP contribution in [0.25, 0.3) is 0 Å². The molecule has 0 radical (unpaired) electrons. The van der Waals surface area contributed by atoms with Crippen molar-refractivity contribution >= 4 is 17.6 Å². The molecule has 0 spiro atoms. The lowest BCUT2D eigenvalue weighted by Crippen LogP contribution is -2.41. The molecule has 3 rings (SSSR count). The fourth-order valence-corrected chi connectivity index (χ4v) is 3.46. The van der Waals surface area contributed by atoms with Gasteiger partial charge < -0.3 is 19.9 Å². The van der Waals surface area contributed by atoms with Gasteiger partial charge in [0.1, 0.15) is 5.75 Å². The van der Waals surface area contributed by atoms with Crippen LogP contribution >= 0.6 is 0 Å². The first-order valence-electron chi connectivity index (χ1n) is 7.35. The van der Waals surface area contributed by atoms with Gasteiger partial charge in [0, 0.05) is 0 Å². The summed E-state index contributed by atoms with van der Waals surface area (Å²) in [5, 5.41) is 12.2. The molecule has 1 aromatic carbocycles. The lowest BCUT2D eigenvalue weighted by atomic mass is 9.78. The Bertz CT molecular complexity index is 615. The lowest BCUT2D eigenvalue weighted by Gasteiger charge is -2.24. The molecule has 0 unspecified atom stereocenters. The van der Waals surface area contributed by atoms with Crippen LogP contribution in [-0.2, 0) is 14.3 Å². The summed E-state index contributed by atoms with van der Waals surface area (Å²) >= 11 is 0. The molecule has 1 amide bonds. The highest BCUT2D eigenvalue weighted by Crippen LogP contribution is 2.44. The Morgan fingerprint density at radius 2 is 1.95 bits per heavy atom. The zero-order chi connectivity index (χ0) is 15.9. The van der Waals surface area contributed by atoms with Crippen molar-refractivity contribution in [2.45, 2.75) is 32.0 Å². The Hall–Kier alpha value is -2.08. The highest BCUT2D eigenvalue weighted by molar-refractivity contribution is 5.97. The molecule has 2 bridgehead atoms. The van der Waals surface area contributed by atoms with Gasteiger partial charge in [0.2, 0.25) is 5.91 Å². The van der Waals surface area contributed by atoms with Gasteiger partial charge in [-0.2, -0.15) is 0 Å². The van der Waals surface area contributed by atoms with Crippen LogP contribution in [0.5, 0.6) is 5.75 Å². The number of ether oxygens (including phenoxy) is 2. The molecular formula is C16H19NO5. The van der Waals surface area contributed by atoms with Gasteiger partial charge in [-0.25, -0.2) is 0 Å². The minimum Gasteiger partial charge on any atom is -0.495 e. The number of amides is 1. The fraction of sp³-hybridized carbons (Fsp3) is 0.500. The van der Waals surface area contributed by atoms with Crippen LogP contribution < -0.4 is 10.1 Å². The summed E-state index contributed by atoms with van der Waals surface area (Å²) < 4.78 is 10.9. The minimum atomic E-state index is -0.969. The summed E-state index contributed by atoms with van der Waals surface area (Å²) in [5.74, 6) is -2.15. The highest BCUT2D eigenvalue weighted by Gasteiger charge is 2.55. The minimum absolute atomic E-state index is 0.304. The molecule has 0 saturated carbocycles. The number of carbonyl (C=O) groups is 2. The van der Waals surface area contributed by atoms with Gasteiger partial charge >= 0.3 is 5.97 Å². The van der Waals surface area contributed by atoms with Crippen molar-refractivity contribution in [1.82, 2.24) is 0 Å². The zero-order valence-electron chi connectivity index (χ0n) is 12.5. The Morgan fingerprint density at radius 1 is 1.27 bits per heavy atom. The van der Waals surface area contributed by atoms with Crippen LogP contribution in [0.15, 0.2) is 18.2 Å². The van der Waals surface area contributed by atoms with Crippen molar-refractivity contribution < 1.29 is 24.2 Å². The number of aryl methyl sites for hydroxylation is 1. The maximum absolute atomic E-state index is 12.6. The van der Waals surface area contributed by atoms with Gasteiger partial charge in [-0.05, 0) is 37.5 Å². The van der Waals surface area contributed by atoms with Crippen LogP contribution in [0.1, 0.15) is 18.4 Å². The van der Waals surface area contributed by atoms with E-state index in [9.17, 15) is 14.7 Å². The summed E-state index contributed by atoms with van der Waals surface area (Å²) in [6.45, 7) is 1.91. The summed E-state index contributed by atoms with van der Waals surface area (Å²) in [6, 6.07) is 5.46. The van der Waals surface area contributed by atoms with Crippen molar-refractivity contribution in [3.63, 3.8) is 0 Å². The number of hydrogen-bond acceptors (Lipinski definition) is 4. The first-order chi connectivity index (χ1) is 10.5. The molecule has 0 aliphatic carbocycles. The standard InChI is InChI=1S/C16H19NO5/c1-8-3-4-10(21-2)9(7-8)17-15(18)13-11-5-6-12(22-11)14(13)16(19)20/h3-4,7,11-14H,5-6H2,1-2H3,(H,17,18)(H,19,20)/t11-,12-,13-,14-/m1/s1. The van der Waals surface area contributed by atoms with Crippen LogP contribution in [-0.4, -0.2) is 36.3 Å². The van der Waals surface area contributed by atoms with E-state index in [2.05, 4.69) is 5.32 Å². The van der Waals surface area contributed by atoms with Crippen molar-refractivity contribution in [1.29, 1.82) is 0 Å². The van der Waals surface area contributed by atoms with E-state index in [1.54, 1.807) is 12.1 Å². The van der Waals surface area contributed by atoms with E-state index in [4.69, 9.17) is 9.47 Å². The van der Waals surface area contributed by atoms with E-state index >= 15 is 0 Å². The van der Waals surface area contributed by atoms with Gasteiger partial charge in [0.05, 0.1) is 36.8 Å². The fourth-order valence-electron chi connectivity index (χ4n) is 3.46. The number of benzene rings is 1. The molecule has 1 aromatic rings. The molecule has 2 aliphatic heterocycles. The third-order valence-electron chi connectivity index (χ3n) is 4.47. The van der Waals surface area contributed by atoms with Crippen molar-refractivity contribution in [2.75, 3.05) is 12.4 Å². The largest absolute Gasteiger partial charge is 0.495 e. The number of carboxylic acid groups (broad SMARTS) is 1. The maximum atomic E-state index is 12.6. The smallest absolute Gasteiger partial charge is 0.310 e. The third-order valence-corrected chi connectivity index (χ3v) is 4.47. The molecule has 2 aliphatic rings. The highest BCUT2D eigenvalue weighted by atomic mass is 16.5. The van der Waals surface area contributed by atoms with Gasteiger partial charge in [-0.15, -0.1) is 0 Å². The maximum Gasteiger partial charge on any atom is 0.310 e. The Kier molecular flexibility index (Phi) is 3.78. The molecule has 2 heterocycles. The molecule has 2 fully saturated rings. The van der Waals surface area contributed by atoms with Gasteiger partial charge in [0.15, 0.2) is 0 Å². The van der Waals surface area contributed by atoms with E-state index in [-0.39, 0.29) is 18.1 Å². The Morgan fingerprint density at radius 3 is 2.59 bits per heavy atom. The predicted octanol–water partition coefficient (Wildman–Crippen LogP) is 1.82. The van der Waals surface area contributed by atoms with E-state index < -0.39 is 17.8 Å². The second kappa shape index (κ2) is 5.61. The summed E-state index contributed by atoms with van der Waals surface area (Å²) in [5.41, 5.74) is 1.54. The predicted molar refractivity (Wildman–Crippen MR) is 78.9 cm³/mol. The average Bonchev–Trinajstić information content (AvgIpc) is 3.08. The summed E-state index contributed by atoms with van der Waals surface area (Å²) in [6.07, 6.45) is 0.788. The SMILES string of the molecule is COc1ccc(C)cc1NC(=O)[C@H]1[C@H](C(=O)O)[C@H]2CC[C@H]1O2. The number of aliphatic carboxylic acids is 1. The number of rotatable bonds is 4. The summed E-state index contributed by atoms with van der Waals surface area (Å²) in [7, 11) is 1.53. The number of fused-ring (bicyclic) bond motifs is 2. The van der Waals surface area contributed by atoms with Gasteiger partial charge in [-0.1, -0.05) is 6.07 Å². The molecule has 2 N–H and O–H groups in total. The van der Waals surface area contributed by atoms with E-state index in [1.165, 1.54) is 7.11 Å². The number of methoxy groups -OCH3 is 1. The number of anilines is 1. The molecule has 4 atom stereocenters. The summed E-state index contributed by atoms with van der Waals surface area (Å²) in [4.78, 5) is 24.0.